The minimum Gasteiger partial charge on any atom is -0.342 e. The fourth-order valence-electron chi connectivity index (χ4n) is 5.83. The fourth-order valence-corrected chi connectivity index (χ4v) is 7.02. The van der Waals surface area contributed by atoms with E-state index in [1.54, 1.807) is 25.1 Å². The lowest BCUT2D eigenvalue weighted by Crippen LogP contribution is -2.59. The van der Waals surface area contributed by atoms with Crippen molar-refractivity contribution in [1.29, 1.82) is 0 Å². The number of carbonyl (C=O) groups excluding carboxylic acids is 3. The number of rotatable bonds is 8. The first kappa shape index (κ1) is 29.9. The van der Waals surface area contributed by atoms with Crippen molar-refractivity contribution in [1.82, 2.24) is 24.8 Å². The summed E-state index contributed by atoms with van der Waals surface area (Å²) in [7, 11) is -1.90. The van der Waals surface area contributed by atoms with E-state index >= 15 is 0 Å². The summed E-state index contributed by atoms with van der Waals surface area (Å²) in [5.74, 6) is -0.854. The van der Waals surface area contributed by atoms with E-state index in [0.29, 0.717) is 18.8 Å². The van der Waals surface area contributed by atoms with Crippen LogP contribution in [0, 0.1) is 11.3 Å². The van der Waals surface area contributed by atoms with Gasteiger partial charge in [-0.1, -0.05) is 45.0 Å². The number of carbonyl (C=O) groups is 3. The van der Waals surface area contributed by atoms with Gasteiger partial charge in [0, 0.05) is 43.1 Å². The zero-order valence-electron chi connectivity index (χ0n) is 24.0. The maximum Gasteiger partial charge on any atom is 0.246 e. The van der Waals surface area contributed by atoms with Gasteiger partial charge in [-0.25, -0.2) is 13.4 Å². The molecule has 218 valence electrons. The third-order valence-electron chi connectivity index (χ3n) is 8.00. The Hall–Kier alpha value is -3.09. The average Bonchev–Trinajstić information content (AvgIpc) is 3.47. The van der Waals surface area contributed by atoms with Gasteiger partial charge in [-0.15, -0.1) is 0 Å². The molecular weight excluding hydrogens is 532 g/mol. The molecule has 0 radical (unpaired) electrons. The number of anilines is 1. The van der Waals surface area contributed by atoms with E-state index in [2.05, 4.69) is 20.9 Å². The van der Waals surface area contributed by atoms with Crippen LogP contribution in [0.2, 0.25) is 0 Å². The SMILES string of the molecule is CNC(C)C(=O)NC(C(=O)N1CCC2C1C(CC(=O)Nc1nccc3ccccc13)CN2S(C)(=O)=O)C(C)(C)C. The van der Waals surface area contributed by atoms with Gasteiger partial charge in [0.15, 0.2) is 0 Å². The van der Waals surface area contributed by atoms with Gasteiger partial charge in [0.2, 0.25) is 27.7 Å². The molecule has 2 fully saturated rings. The lowest BCUT2D eigenvalue weighted by molar-refractivity contribution is -0.141. The van der Waals surface area contributed by atoms with Crippen molar-refractivity contribution in [3.8, 4) is 0 Å². The van der Waals surface area contributed by atoms with Crippen LogP contribution in [0.1, 0.15) is 40.5 Å². The minimum absolute atomic E-state index is 0.0190. The van der Waals surface area contributed by atoms with Crippen LogP contribution in [0.3, 0.4) is 0 Å². The van der Waals surface area contributed by atoms with E-state index in [1.807, 2.05) is 51.1 Å². The van der Waals surface area contributed by atoms with Crippen LogP contribution >= 0.6 is 0 Å². The summed E-state index contributed by atoms with van der Waals surface area (Å²) >= 11 is 0. The summed E-state index contributed by atoms with van der Waals surface area (Å²) in [6, 6.07) is 7.22. The number of benzene rings is 1. The molecule has 1 aromatic carbocycles. The Bertz CT molecular complexity index is 1390. The summed E-state index contributed by atoms with van der Waals surface area (Å²) in [5, 5.41) is 10.4. The Kier molecular flexibility index (Phi) is 8.53. The first-order valence-electron chi connectivity index (χ1n) is 13.6. The Labute approximate surface area is 236 Å². The number of pyridine rings is 1. The van der Waals surface area contributed by atoms with E-state index < -0.39 is 45.5 Å². The highest BCUT2D eigenvalue weighted by molar-refractivity contribution is 7.88. The second kappa shape index (κ2) is 11.4. The molecule has 3 N–H and O–H groups in total. The number of amides is 3. The quantitative estimate of drug-likeness (QED) is 0.436. The predicted molar refractivity (Wildman–Crippen MR) is 154 cm³/mol. The van der Waals surface area contributed by atoms with Gasteiger partial charge in [-0.3, -0.25) is 14.4 Å². The number of likely N-dealkylation sites (N-methyl/N-ethyl adjacent to an activating group) is 1. The molecule has 2 aliphatic rings. The molecule has 5 atom stereocenters. The lowest BCUT2D eigenvalue weighted by atomic mass is 9.85. The van der Waals surface area contributed by atoms with Crippen LogP contribution in [0.4, 0.5) is 5.82 Å². The molecule has 3 amide bonds. The Balaban J connectivity index is 1.59. The zero-order chi connectivity index (χ0) is 29.4. The molecule has 3 heterocycles. The maximum absolute atomic E-state index is 14.0. The highest BCUT2D eigenvalue weighted by atomic mass is 32.2. The average molecular weight is 573 g/mol. The number of aromatic nitrogens is 1. The Morgan fingerprint density at radius 3 is 2.50 bits per heavy atom. The molecule has 0 aliphatic carbocycles. The van der Waals surface area contributed by atoms with Gasteiger partial charge < -0.3 is 20.9 Å². The van der Waals surface area contributed by atoms with Crippen LogP contribution in [0.15, 0.2) is 36.5 Å². The van der Waals surface area contributed by atoms with E-state index in [-0.39, 0.29) is 30.7 Å². The number of hydrogen-bond donors (Lipinski definition) is 3. The summed E-state index contributed by atoms with van der Waals surface area (Å²) in [5.41, 5.74) is -0.597. The number of likely N-dealkylation sites (tertiary alicyclic amines) is 1. The van der Waals surface area contributed by atoms with Gasteiger partial charge in [0.1, 0.15) is 11.9 Å². The Morgan fingerprint density at radius 1 is 1.15 bits per heavy atom. The molecule has 2 saturated heterocycles. The molecule has 12 heteroatoms. The number of fused-ring (bicyclic) bond motifs is 2. The smallest absolute Gasteiger partial charge is 0.246 e. The third-order valence-corrected chi connectivity index (χ3v) is 9.27. The van der Waals surface area contributed by atoms with Gasteiger partial charge in [0.25, 0.3) is 0 Å². The largest absolute Gasteiger partial charge is 0.342 e. The highest BCUT2D eigenvalue weighted by Gasteiger charge is 2.54. The number of hydrogen-bond acceptors (Lipinski definition) is 7. The van der Waals surface area contributed by atoms with Crippen molar-refractivity contribution >= 4 is 44.3 Å². The van der Waals surface area contributed by atoms with Crippen molar-refractivity contribution < 1.29 is 22.8 Å². The van der Waals surface area contributed by atoms with Gasteiger partial charge in [0.05, 0.1) is 18.3 Å². The first-order chi connectivity index (χ1) is 18.7. The molecular formula is C28H40N6O5S. The van der Waals surface area contributed by atoms with Crippen molar-refractivity contribution in [2.75, 3.05) is 31.7 Å². The lowest BCUT2D eigenvalue weighted by Gasteiger charge is -2.37. The molecule has 4 rings (SSSR count). The van der Waals surface area contributed by atoms with Gasteiger partial charge in [-0.2, -0.15) is 4.31 Å². The van der Waals surface area contributed by atoms with Crippen LogP contribution < -0.4 is 16.0 Å². The summed E-state index contributed by atoms with van der Waals surface area (Å²) in [6.45, 7) is 7.84. The topological polar surface area (TPSA) is 141 Å². The molecule has 0 bridgehead atoms. The number of sulfonamides is 1. The fraction of sp³-hybridized carbons (Fsp3) is 0.571. The standard InChI is InChI=1S/C28H40N6O5S/c1-17(29-5)26(36)32-24(28(2,3)4)27(37)33-14-12-21-23(33)19(16-34(21)40(6,38)39)15-22(35)31-25-20-10-8-7-9-18(20)11-13-30-25/h7-11,13,17,19,21,23-24,29H,12,14-16H2,1-6H3,(H,32,36)(H,30,31,35). The minimum atomic E-state index is -3.57. The van der Waals surface area contributed by atoms with Crippen LogP contribution in [0.25, 0.3) is 10.8 Å². The predicted octanol–water partition coefficient (Wildman–Crippen LogP) is 1.56. The van der Waals surface area contributed by atoms with E-state index in [9.17, 15) is 22.8 Å². The second-order valence-electron chi connectivity index (χ2n) is 11.9. The van der Waals surface area contributed by atoms with Crippen LogP contribution in [-0.2, 0) is 24.4 Å². The number of nitrogens with zero attached hydrogens (tertiary/aromatic N) is 3. The van der Waals surface area contributed by atoms with Gasteiger partial charge in [-0.05, 0) is 37.3 Å². The maximum atomic E-state index is 14.0. The summed E-state index contributed by atoms with van der Waals surface area (Å²) in [4.78, 5) is 46.1. The van der Waals surface area contributed by atoms with Crippen LogP contribution in [-0.4, -0.2) is 90.9 Å². The molecule has 5 unspecified atom stereocenters. The Morgan fingerprint density at radius 2 is 1.85 bits per heavy atom. The van der Waals surface area contributed by atoms with E-state index in [0.717, 1.165) is 17.0 Å². The monoisotopic (exact) mass is 572 g/mol. The summed E-state index contributed by atoms with van der Waals surface area (Å²) in [6.07, 6.45) is 3.27. The normalized spacial score (nSPS) is 23.1. The molecule has 40 heavy (non-hydrogen) atoms. The van der Waals surface area contributed by atoms with Crippen molar-refractivity contribution in [3.05, 3.63) is 36.5 Å². The molecule has 1 aromatic heterocycles. The molecule has 2 aliphatic heterocycles. The van der Waals surface area contributed by atoms with E-state index in [1.165, 1.54) is 4.31 Å². The second-order valence-corrected chi connectivity index (χ2v) is 13.9. The molecule has 0 saturated carbocycles. The third kappa shape index (κ3) is 6.13. The van der Waals surface area contributed by atoms with Gasteiger partial charge >= 0.3 is 0 Å². The van der Waals surface area contributed by atoms with Crippen molar-refractivity contribution in [2.24, 2.45) is 11.3 Å². The zero-order valence-corrected chi connectivity index (χ0v) is 24.8. The molecule has 2 aromatic rings. The first-order valence-corrected chi connectivity index (χ1v) is 15.5. The van der Waals surface area contributed by atoms with E-state index in [4.69, 9.17) is 0 Å². The number of nitrogens with one attached hydrogen (secondary N) is 3. The van der Waals surface area contributed by atoms with Crippen molar-refractivity contribution in [3.63, 3.8) is 0 Å². The highest BCUT2D eigenvalue weighted by Crippen LogP contribution is 2.40. The molecule has 11 nitrogen and oxygen atoms in total. The van der Waals surface area contributed by atoms with Crippen LogP contribution in [0.5, 0.6) is 0 Å². The van der Waals surface area contributed by atoms with Crippen molar-refractivity contribution in [2.45, 2.75) is 64.7 Å². The molecule has 0 spiro atoms. The summed E-state index contributed by atoms with van der Waals surface area (Å²) < 4.78 is 26.9.